The van der Waals surface area contributed by atoms with Crippen LogP contribution in [0.3, 0.4) is 0 Å². The Kier molecular flexibility index (Phi) is 28.9. The molecule has 0 heterocycles. The predicted octanol–water partition coefficient (Wildman–Crippen LogP) is 9.20. The molecule has 7 heteroatoms. The molecule has 0 atom stereocenters. The van der Waals surface area contributed by atoms with Gasteiger partial charge in [0, 0.05) is 52.0 Å². The maximum atomic E-state index is 10.2. The van der Waals surface area contributed by atoms with E-state index in [1.807, 2.05) is 0 Å². The van der Waals surface area contributed by atoms with Gasteiger partial charge in [0.15, 0.2) is 0 Å². The van der Waals surface area contributed by atoms with Crippen LogP contribution < -0.4 is 0 Å². The summed E-state index contributed by atoms with van der Waals surface area (Å²) >= 11 is 0. The van der Waals surface area contributed by atoms with E-state index in [1.54, 1.807) is 0 Å². The van der Waals surface area contributed by atoms with E-state index in [-0.39, 0.29) is 32.7 Å². The smallest absolute Gasteiger partial charge is 0.303 e. The molecule has 219 valence electrons. The zero-order chi connectivity index (χ0) is 28.8. The maximum absolute atomic E-state index is 10.2. The number of carboxylic acids is 3. The molecule has 0 aliphatic heterocycles. The first-order valence-corrected chi connectivity index (χ1v) is 13.9. The summed E-state index contributed by atoms with van der Waals surface area (Å²) < 4.78 is 0. The third kappa shape index (κ3) is 56.7. The van der Waals surface area contributed by atoms with Crippen molar-refractivity contribution in [2.24, 2.45) is 16.2 Å². The van der Waals surface area contributed by atoms with Gasteiger partial charge in [-0.3, -0.25) is 14.4 Å². The number of carboxylic acid groups (broad SMARTS) is 3. The fourth-order valence-electron chi connectivity index (χ4n) is 3.32. The molecule has 0 aromatic rings. The van der Waals surface area contributed by atoms with Crippen molar-refractivity contribution in [3.8, 4) is 0 Å². The van der Waals surface area contributed by atoms with E-state index in [0.29, 0.717) is 35.5 Å². The van der Waals surface area contributed by atoms with Crippen LogP contribution in [0.4, 0.5) is 0 Å². The van der Waals surface area contributed by atoms with Crippen LogP contribution >= 0.6 is 0 Å². The van der Waals surface area contributed by atoms with Gasteiger partial charge >= 0.3 is 17.9 Å². The van der Waals surface area contributed by atoms with Crippen LogP contribution in [0.25, 0.3) is 0 Å². The maximum Gasteiger partial charge on any atom is 0.303 e. The molecule has 0 fully saturated rings. The van der Waals surface area contributed by atoms with E-state index < -0.39 is 17.9 Å². The topological polar surface area (TPSA) is 112 Å². The van der Waals surface area contributed by atoms with Crippen molar-refractivity contribution in [3.63, 3.8) is 0 Å². The SMILES string of the molecule is CC(C)(C)CCCCCC(=O)O.CC(C)(C)CCCCCC(=O)O.CC(C)(C)CCCCCC(=O)O.[Y]. The van der Waals surface area contributed by atoms with Gasteiger partial charge in [0.2, 0.25) is 0 Å². The van der Waals surface area contributed by atoms with E-state index in [4.69, 9.17) is 15.3 Å². The molecule has 37 heavy (non-hydrogen) atoms. The predicted molar refractivity (Wildman–Crippen MR) is 151 cm³/mol. The van der Waals surface area contributed by atoms with E-state index in [1.165, 1.54) is 19.3 Å². The average Bonchev–Trinajstić information content (AvgIpc) is 2.65. The second-order valence-electron chi connectivity index (χ2n) is 13.5. The number of hydrogen-bond acceptors (Lipinski definition) is 3. The Balaban J connectivity index is -0.000000218. The molecule has 0 aliphatic rings. The normalized spacial score (nSPS) is 11.3. The van der Waals surface area contributed by atoms with Crippen LogP contribution in [0.15, 0.2) is 0 Å². The number of hydrogen-bond donors (Lipinski definition) is 3. The minimum Gasteiger partial charge on any atom is -0.481 e. The second kappa shape index (κ2) is 24.5. The first-order chi connectivity index (χ1) is 16.2. The Hall–Kier alpha value is -0.486. The van der Waals surface area contributed by atoms with Gasteiger partial charge in [0.1, 0.15) is 0 Å². The summed E-state index contributed by atoms with van der Waals surface area (Å²) in [6.07, 6.45) is 13.6. The zero-order valence-corrected chi connectivity index (χ0v) is 28.6. The minimum atomic E-state index is -0.675. The fourth-order valence-corrected chi connectivity index (χ4v) is 3.32. The van der Waals surface area contributed by atoms with Crippen molar-refractivity contribution in [2.45, 2.75) is 159 Å². The molecule has 0 aromatic heterocycles. The van der Waals surface area contributed by atoms with Crippen LogP contribution in [0.2, 0.25) is 0 Å². The van der Waals surface area contributed by atoms with Gasteiger partial charge in [-0.1, -0.05) is 101 Å². The fraction of sp³-hybridized carbons (Fsp3) is 0.900. The monoisotopic (exact) mass is 605 g/mol. The molecule has 0 spiro atoms. The van der Waals surface area contributed by atoms with Crippen molar-refractivity contribution in [3.05, 3.63) is 0 Å². The molecule has 0 saturated heterocycles. The van der Waals surface area contributed by atoms with Crippen molar-refractivity contribution in [2.75, 3.05) is 0 Å². The van der Waals surface area contributed by atoms with Crippen LogP contribution in [-0.4, -0.2) is 33.2 Å². The third-order valence-electron chi connectivity index (χ3n) is 5.45. The summed E-state index contributed by atoms with van der Waals surface area (Å²) in [5.74, 6) is -2.03. The van der Waals surface area contributed by atoms with E-state index in [0.717, 1.165) is 57.8 Å². The standard InChI is InChI=1S/3C10H20O2.Y/c3*1-10(2,3)8-6-4-5-7-9(11)12;/h3*4-8H2,1-3H3,(H,11,12);. The second-order valence-corrected chi connectivity index (χ2v) is 13.5. The summed E-state index contributed by atoms with van der Waals surface area (Å²) in [6.45, 7) is 19.9. The Morgan fingerprint density at radius 2 is 0.595 bits per heavy atom. The van der Waals surface area contributed by atoms with E-state index >= 15 is 0 Å². The van der Waals surface area contributed by atoms with Gasteiger partial charge in [0.05, 0.1) is 0 Å². The van der Waals surface area contributed by atoms with Gasteiger partial charge in [-0.2, -0.15) is 0 Å². The molecular weight excluding hydrogens is 545 g/mol. The van der Waals surface area contributed by atoms with E-state index in [9.17, 15) is 14.4 Å². The molecule has 0 bridgehead atoms. The molecule has 0 rings (SSSR count). The van der Waals surface area contributed by atoms with Gasteiger partial charge in [0.25, 0.3) is 0 Å². The Labute approximate surface area is 254 Å². The van der Waals surface area contributed by atoms with Gasteiger partial charge < -0.3 is 15.3 Å². The van der Waals surface area contributed by atoms with Crippen molar-refractivity contribution in [1.82, 2.24) is 0 Å². The van der Waals surface area contributed by atoms with Crippen molar-refractivity contribution in [1.29, 1.82) is 0 Å². The molecule has 0 unspecified atom stereocenters. The molecule has 0 aromatic carbocycles. The van der Waals surface area contributed by atoms with Gasteiger partial charge in [-0.05, 0) is 54.8 Å². The zero-order valence-electron chi connectivity index (χ0n) is 25.8. The Morgan fingerprint density at radius 3 is 0.730 bits per heavy atom. The van der Waals surface area contributed by atoms with E-state index in [2.05, 4.69) is 62.3 Å². The van der Waals surface area contributed by atoms with Gasteiger partial charge in [-0.15, -0.1) is 0 Å². The largest absolute Gasteiger partial charge is 0.481 e. The summed E-state index contributed by atoms with van der Waals surface area (Å²) in [5, 5.41) is 25.1. The third-order valence-corrected chi connectivity index (χ3v) is 5.45. The average molecular weight is 606 g/mol. The molecule has 3 N–H and O–H groups in total. The number of rotatable bonds is 15. The summed E-state index contributed by atoms with van der Waals surface area (Å²) in [6, 6.07) is 0. The quantitative estimate of drug-likeness (QED) is 0.161. The van der Waals surface area contributed by atoms with Crippen LogP contribution in [0, 0.1) is 16.2 Å². The summed E-state index contributed by atoms with van der Waals surface area (Å²) in [5.41, 5.74) is 1.18. The number of unbranched alkanes of at least 4 members (excludes halogenated alkanes) is 6. The molecule has 0 amide bonds. The Bertz CT molecular complexity index is 487. The molecule has 1 radical (unpaired) electrons. The first kappa shape index (κ1) is 43.6. The van der Waals surface area contributed by atoms with Crippen LogP contribution in [0.1, 0.15) is 159 Å². The molecule has 0 aliphatic carbocycles. The van der Waals surface area contributed by atoms with Crippen LogP contribution in [0.5, 0.6) is 0 Å². The molecular formula is C30H60O6Y. The summed E-state index contributed by atoms with van der Waals surface area (Å²) in [7, 11) is 0. The number of carbonyl (C=O) groups is 3. The number of aliphatic carboxylic acids is 3. The van der Waals surface area contributed by atoms with Crippen molar-refractivity contribution >= 4 is 17.9 Å². The minimum absolute atomic E-state index is 0. The Morgan fingerprint density at radius 1 is 0.405 bits per heavy atom. The van der Waals surface area contributed by atoms with Gasteiger partial charge in [-0.25, -0.2) is 0 Å². The summed E-state index contributed by atoms with van der Waals surface area (Å²) in [4.78, 5) is 30.5. The molecule has 0 saturated carbocycles. The van der Waals surface area contributed by atoms with Crippen LogP contribution in [-0.2, 0) is 47.1 Å². The first-order valence-electron chi connectivity index (χ1n) is 13.9. The van der Waals surface area contributed by atoms with Crippen molar-refractivity contribution < 1.29 is 62.4 Å². The molecule has 6 nitrogen and oxygen atoms in total.